The molecule has 0 spiro atoms. The lowest BCUT2D eigenvalue weighted by atomic mass is 10.1. The van der Waals surface area contributed by atoms with Gasteiger partial charge in [-0.05, 0) is 11.6 Å². The minimum absolute atomic E-state index is 0.0661. The van der Waals surface area contributed by atoms with Crippen LogP contribution < -0.4 is 5.32 Å². The summed E-state index contributed by atoms with van der Waals surface area (Å²) in [6.45, 7) is 1.92. The highest BCUT2D eigenvalue weighted by molar-refractivity contribution is 5.78. The third-order valence-electron chi connectivity index (χ3n) is 2.73. The molecule has 7 heteroatoms. The lowest BCUT2D eigenvalue weighted by Crippen LogP contribution is -2.47. The molecule has 0 saturated carbocycles. The molecule has 0 unspecified atom stereocenters. The van der Waals surface area contributed by atoms with E-state index in [0.717, 1.165) is 12.1 Å². The van der Waals surface area contributed by atoms with Gasteiger partial charge in [0, 0.05) is 25.7 Å². The van der Waals surface area contributed by atoms with E-state index in [1.165, 1.54) is 6.07 Å². The zero-order chi connectivity index (χ0) is 13.1. The summed E-state index contributed by atoms with van der Waals surface area (Å²) in [6.07, 6.45) is 0. The predicted molar refractivity (Wildman–Crippen MR) is 61.3 cm³/mol. The minimum atomic E-state index is -0.848. The molecule has 1 aromatic carbocycles. The average molecular weight is 253 g/mol. The first-order valence-electron chi connectivity index (χ1n) is 5.48. The van der Waals surface area contributed by atoms with Crippen LogP contribution in [-0.4, -0.2) is 35.4 Å². The maximum atomic E-state index is 13.4. The Morgan fingerprint density at radius 3 is 2.89 bits per heavy atom. The normalized spacial score (nSPS) is 16.4. The predicted octanol–water partition coefficient (Wildman–Crippen LogP) is 0.666. The number of carbonyl (C=O) groups excluding carboxylic acids is 1. The molecule has 6 nitrogen and oxygen atoms in total. The van der Waals surface area contributed by atoms with Gasteiger partial charge in [-0.15, -0.1) is 0 Å². The van der Waals surface area contributed by atoms with Gasteiger partial charge in [0.2, 0.25) is 11.7 Å². The number of hydrogen-bond donors (Lipinski definition) is 1. The van der Waals surface area contributed by atoms with Gasteiger partial charge in [-0.3, -0.25) is 19.8 Å². The zero-order valence-corrected chi connectivity index (χ0v) is 9.56. The monoisotopic (exact) mass is 253 g/mol. The molecular weight excluding hydrogens is 241 g/mol. The molecule has 0 aromatic heterocycles. The van der Waals surface area contributed by atoms with Crippen molar-refractivity contribution in [1.82, 2.24) is 10.2 Å². The number of hydrogen-bond acceptors (Lipinski definition) is 4. The fourth-order valence-electron chi connectivity index (χ4n) is 1.88. The summed E-state index contributed by atoms with van der Waals surface area (Å²) in [6, 6.07) is 3.80. The molecule has 1 amide bonds. The number of piperazine rings is 1. The third kappa shape index (κ3) is 2.80. The SMILES string of the molecule is O=C1CN(Cc2ccc([N+](=O)[O-])c(F)c2)CCN1. The first-order chi connectivity index (χ1) is 8.56. The molecule has 96 valence electrons. The Labute approximate surface area is 103 Å². The van der Waals surface area contributed by atoms with E-state index in [1.54, 1.807) is 0 Å². The van der Waals surface area contributed by atoms with Crippen molar-refractivity contribution in [2.24, 2.45) is 0 Å². The molecular formula is C11H12FN3O3. The molecule has 0 aliphatic carbocycles. The third-order valence-corrected chi connectivity index (χ3v) is 2.73. The van der Waals surface area contributed by atoms with Gasteiger partial charge in [0.25, 0.3) is 0 Å². The highest BCUT2D eigenvalue weighted by Crippen LogP contribution is 2.19. The van der Waals surface area contributed by atoms with Gasteiger partial charge in [0.15, 0.2) is 0 Å². The number of halogens is 1. The summed E-state index contributed by atoms with van der Waals surface area (Å²) in [5.41, 5.74) is 0.0861. The average Bonchev–Trinajstić information content (AvgIpc) is 2.28. The maximum Gasteiger partial charge on any atom is 0.304 e. The highest BCUT2D eigenvalue weighted by Gasteiger charge is 2.18. The van der Waals surface area contributed by atoms with E-state index in [4.69, 9.17) is 0 Å². The Balaban J connectivity index is 2.08. The number of nitro benzene ring substituents is 1. The molecule has 0 atom stereocenters. The van der Waals surface area contributed by atoms with Crippen molar-refractivity contribution in [3.05, 3.63) is 39.7 Å². The molecule has 0 bridgehead atoms. The van der Waals surface area contributed by atoms with Crippen molar-refractivity contribution in [2.75, 3.05) is 19.6 Å². The first-order valence-corrected chi connectivity index (χ1v) is 5.48. The molecule has 1 N–H and O–H groups in total. The summed E-state index contributed by atoms with van der Waals surface area (Å²) in [5, 5.41) is 13.2. The van der Waals surface area contributed by atoms with E-state index in [-0.39, 0.29) is 12.5 Å². The number of rotatable bonds is 3. The molecule has 1 aromatic rings. The molecule has 1 heterocycles. The van der Waals surface area contributed by atoms with E-state index < -0.39 is 16.4 Å². The van der Waals surface area contributed by atoms with Crippen molar-refractivity contribution in [3.8, 4) is 0 Å². The summed E-state index contributed by atoms with van der Waals surface area (Å²) >= 11 is 0. The number of nitrogens with one attached hydrogen (secondary N) is 1. The van der Waals surface area contributed by atoms with Gasteiger partial charge in [0.05, 0.1) is 11.5 Å². The molecule has 1 aliphatic rings. The van der Waals surface area contributed by atoms with Crippen molar-refractivity contribution in [1.29, 1.82) is 0 Å². The number of carbonyl (C=O) groups is 1. The molecule has 0 radical (unpaired) electrons. The van der Waals surface area contributed by atoms with Gasteiger partial charge in [0.1, 0.15) is 0 Å². The van der Waals surface area contributed by atoms with Gasteiger partial charge in [-0.25, -0.2) is 0 Å². The summed E-state index contributed by atoms with van der Waals surface area (Å²) in [4.78, 5) is 22.7. The van der Waals surface area contributed by atoms with Crippen molar-refractivity contribution >= 4 is 11.6 Å². The van der Waals surface area contributed by atoms with E-state index in [1.807, 2.05) is 4.90 Å². The minimum Gasteiger partial charge on any atom is -0.354 e. The Morgan fingerprint density at radius 1 is 1.50 bits per heavy atom. The van der Waals surface area contributed by atoms with Crippen molar-refractivity contribution in [2.45, 2.75) is 6.54 Å². The lowest BCUT2D eigenvalue weighted by molar-refractivity contribution is -0.387. The zero-order valence-electron chi connectivity index (χ0n) is 9.56. The second-order valence-corrected chi connectivity index (χ2v) is 4.10. The summed E-state index contributed by atoms with van der Waals surface area (Å²) in [5.74, 6) is -0.914. The van der Waals surface area contributed by atoms with Crippen LogP contribution in [-0.2, 0) is 11.3 Å². The second kappa shape index (κ2) is 5.09. The van der Waals surface area contributed by atoms with Crippen LogP contribution >= 0.6 is 0 Å². The van der Waals surface area contributed by atoms with Crippen molar-refractivity contribution < 1.29 is 14.1 Å². The molecule has 2 rings (SSSR count). The van der Waals surface area contributed by atoms with Crippen molar-refractivity contribution in [3.63, 3.8) is 0 Å². The van der Waals surface area contributed by atoms with E-state index >= 15 is 0 Å². The Morgan fingerprint density at radius 2 is 2.28 bits per heavy atom. The molecule has 1 fully saturated rings. The van der Waals surface area contributed by atoms with Gasteiger partial charge >= 0.3 is 5.69 Å². The summed E-state index contributed by atoms with van der Waals surface area (Å²) in [7, 11) is 0. The number of nitrogens with zero attached hydrogens (tertiary/aromatic N) is 2. The van der Waals surface area contributed by atoms with Gasteiger partial charge in [-0.2, -0.15) is 4.39 Å². The molecule has 1 aliphatic heterocycles. The molecule has 18 heavy (non-hydrogen) atoms. The standard InChI is InChI=1S/C11H12FN3O3/c12-9-5-8(1-2-10(9)15(17)18)6-14-4-3-13-11(16)7-14/h1-2,5H,3-4,6-7H2,(H,13,16). The Hall–Kier alpha value is -2.02. The van der Waals surface area contributed by atoms with Crippen LogP contribution in [0.15, 0.2) is 18.2 Å². The van der Waals surface area contributed by atoms with E-state index in [2.05, 4.69) is 5.32 Å². The first kappa shape index (κ1) is 12.4. The van der Waals surface area contributed by atoms with Crippen LogP contribution in [0.5, 0.6) is 0 Å². The van der Waals surface area contributed by atoms with E-state index in [9.17, 15) is 19.3 Å². The van der Waals surface area contributed by atoms with Crippen LogP contribution in [0.4, 0.5) is 10.1 Å². The van der Waals surface area contributed by atoms with Gasteiger partial charge in [-0.1, -0.05) is 6.07 Å². The van der Waals surface area contributed by atoms with E-state index in [0.29, 0.717) is 25.2 Å². The number of benzene rings is 1. The van der Waals surface area contributed by atoms with Crippen LogP contribution in [0.3, 0.4) is 0 Å². The highest BCUT2D eigenvalue weighted by atomic mass is 19.1. The fourth-order valence-corrected chi connectivity index (χ4v) is 1.88. The summed E-state index contributed by atoms with van der Waals surface area (Å²) < 4.78 is 13.4. The quantitative estimate of drug-likeness (QED) is 0.634. The van der Waals surface area contributed by atoms with Crippen LogP contribution in [0.1, 0.15) is 5.56 Å². The topological polar surface area (TPSA) is 75.5 Å². The lowest BCUT2D eigenvalue weighted by Gasteiger charge is -2.26. The fraction of sp³-hybridized carbons (Fsp3) is 0.364. The van der Waals surface area contributed by atoms with Gasteiger partial charge < -0.3 is 5.32 Å². The van der Waals surface area contributed by atoms with Crippen LogP contribution in [0, 0.1) is 15.9 Å². The van der Waals surface area contributed by atoms with Crippen LogP contribution in [0.25, 0.3) is 0 Å². The molecule has 1 saturated heterocycles. The Bertz CT molecular complexity index is 492. The van der Waals surface area contributed by atoms with Crippen LogP contribution in [0.2, 0.25) is 0 Å². The Kier molecular flexibility index (Phi) is 3.52. The largest absolute Gasteiger partial charge is 0.354 e. The second-order valence-electron chi connectivity index (χ2n) is 4.10. The maximum absolute atomic E-state index is 13.4. The number of amides is 1. The number of nitro groups is 1. The smallest absolute Gasteiger partial charge is 0.304 e.